The summed E-state index contributed by atoms with van der Waals surface area (Å²) in [6.45, 7) is 4.25. The summed E-state index contributed by atoms with van der Waals surface area (Å²) < 4.78 is 26.2. The molecule has 2 N–H and O–H groups in total. The maximum Gasteiger partial charge on any atom is 0.171 e. The van der Waals surface area contributed by atoms with Gasteiger partial charge in [-0.05, 0) is 68.2 Å². The van der Waals surface area contributed by atoms with E-state index in [1.165, 1.54) is 31.0 Å². The van der Waals surface area contributed by atoms with E-state index in [4.69, 9.17) is 12.2 Å². The minimum atomic E-state index is -0.904. The highest BCUT2D eigenvalue weighted by Gasteiger charge is 2.12. The van der Waals surface area contributed by atoms with Gasteiger partial charge in [-0.25, -0.2) is 8.78 Å². The minimum absolute atomic E-state index is 0.00398. The van der Waals surface area contributed by atoms with Gasteiger partial charge in [-0.3, -0.25) is 0 Å². The van der Waals surface area contributed by atoms with Crippen LogP contribution >= 0.6 is 12.2 Å². The van der Waals surface area contributed by atoms with Gasteiger partial charge >= 0.3 is 0 Å². The number of anilines is 2. The van der Waals surface area contributed by atoms with Crippen LogP contribution in [-0.4, -0.2) is 18.2 Å². The summed E-state index contributed by atoms with van der Waals surface area (Å²) in [4.78, 5) is 2.42. The maximum atomic E-state index is 13.3. The second-order valence-electron chi connectivity index (χ2n) is 6.59. The number of piperidine rings is 1. The van der Waals surface area contributed by atoms with Gasteiger partial charge < -0.3 is 15.5 Å². The molecule has 26 heavy (non-hydrogen) atoms. The Morgan fingerprint density at radius 3 is 2.35 bits per heavy atom. The van der Waals surface area contributed by atoms with Crippen LogP contribution in [0.5, 0.6) is 0 Å². The van der Waals surface area contributed by atoms with Gasteiger partial charge in [0.05, 0.1) is 6.04 Å². The third-order valence-corrected chi connectivity index (χ3v) is 4.86. The van der Waals surface area contributed by atoms with Crippen LogP contribution in [0.4, 0.5) is 20.2 Å². The molecule has 0 amide bonds. The third-order valence-electron chi connectivity index (χ3n) is 4.64. The van der Waals surface area contributed by atoms with Crippen molar-refractivity contribution in [3.63, 3.8) is 0 Å². The molecule has 0 unspecified atom stereocenters. The molecule has 1 atom stereocenters. The molecule has 0 spiro atoms. The molecule has 0 aliphatic carbocycles. The molecular formula is C20H23F2N3S. The predicted molar refractivity (Wildman–Crippen MR) is 107 cm³/mol. The first kappa shape index (κ1) is 18.6. The molecule has 1 aliphatic rings. The van der Waals surface area contributed by atoms with Crippen LogP contribution in [0.1, 0.15) is 37.8 Å². The number of thiocarbonyl (C=S) groups is 1. The highest BCUT2D eigenvalue weighted by atomic mass is 32.1. The Kier molecular flexibility index (Phi) is 6.04. The first-order chi connectivity index (χ1) is 12.5. The zero-order valence-corrected chi connectivity index (χ0v) is 15.6. The lowest BCUT2D eigenvalue weighted by Crippen LogP contribution is -2.31. The Balaban J connectivity index is 1.57. The number of nitrogens with zero attached hydrogens (tertiary/aromatic N) is 1. The Morgan fingerprint density at radius 2 is 1.69 bits per heavy atom. The van der Waals surface area contributed by atoms with Crippen molar-refractivity contribution in [1.29, 1.82) is 0 Å². The number of halogens is 2. The average molecular weight is 375 g/mol. The van der Waals surface area contributed by atoms with Crippen molar-refractivity contribution < 1.29 is 8.78 Å². The van der Waals surface area contributed by atoms with Crippen molar-refractivity contribution >= 4 is 28.7 Å². The molecule has 2 aromatic rings. The summed E-state index contributed by atoms with van der Waals surface area (Å²) >= 11 is 5.27. The van der Waals surface area contributed by atoms with Crippen LogP contribution in [0.3, 0.4) is 0 Å². The van der Waals surface area contributed by atoms with E-state index in [-0.39, 0.29) is 6.04 Å². The maximum absolute atomic E-state index is 13.3. The third kappa shape index (κ3) is 4.69. The summed E-state index contributed by atoms with van der Waals surface area (Å²) in [7, 11) is 0. The quantitative estimate of drug-likeness (QED) is 0.735. The smallest absolute Gasteiger partial charge is 0.171 e. The first-order valence-corrected chi connectivity index (χ1v) is 9.31. The molecule has 6 heteroatoms. The van der Waals surface area contributed by atoms with Gasteiger partial charge in [0.15, 0.2) is 16.7 Å². The fourth-order valence-corrected chi connectivity index (χ4v) is 3.44. The summed E-state index contributed by atoms with van der Waals surface area (Å²) in [5, 5.41) is 6.41. The van der Waals surface area contributed by atoms with Crippen molar-refractivity contribution in [1.82, 2.24) is 5.32 Å². The molecule has 0 radical (unpaired) electrons. The average Bonchev–Trinajstić information content (AvgIpc) is 2.65. The van der Waals surface area contributed by atoms with E-state index in [0.29, 0.717) is 10.8 Å². The summed E-state index contributed by atoms with van der Waals surface area (Å²) in [6.07, 6.45) is 3.82. The zero-order chi connectivity index (χ0) is 18.5. The van der Waals surface area contributed by atoms with Gasteiger partial charge in [-0.15, -0.1) is 0 Å². The summed E-state index contributed by atoms with van der Waals surface area (Å²) in [5.74, 6) is -1.78. The van der Waals surface area contributed by atoms with Crippen LogP contribution in [-0.2, 0) is 0 Å². The normalized spacial score (nSPS) is 15.4. The predicted octanol–water partition coefficient (Wildman–Crippen LogP) is 5.00. The fourth-order valence-electron chi connectivity index (χ4n) is 3.15. The standard InChI is InChI=1S/C20H23F2N3S/c1-14(23-20(26)24-16-7-10-18(21)19(22)13-16)15-5-8-17(9-6-15)25-11-3-2-4-12-25/h5-10,13-14H,2-4,11-12H2,1H3,(H2,23,24,26)/t14-/m1/s1. The minimum Gasteiger partial charge on any atom is -0.372 e. The topological polar surface area (TPSA) is 27.3 Å². The molecule has 0 saturated carbocycles. The van der Waals surface area contributed by atoms with Gasteiger partial charge in [0.25, 0.3) is 0 Å². The van der Waals surface area contributed by atoms with Gasteiger partial charge in [-0.2, -0.15) is 0 Å². The first-order valence-electron chi connectivity index (χ1n) is 8.90. The van der Waals surface area contributed by atoms with Gasteiger partial charge in [0.1, 0.15) is 0 Å². The molecule has 2 aromatic carbocycles. The van der Waals surface area contributed by atoms with Gasteiger partial charge in [0, 0.05) is 30.5 Å². The highest BCUT2D eigenvalue weighted by molar-refractivity contribution is 7.80. The molecule has 1 aliphatic heterocycles. The largest absolute Gasteiger partial charge is 0.372 e. The number of nitrogens with one attached hydrogen (secondary N) is 2. The Bertz CT molecular complexity index is 758. The van der Waals surface area contributed by atoms with Crippen molar-refractivity contribution in [2.45, 2.75) is 32.2 Å². The van der Waals surface area contributed by atoms with E-state index in [2.05, 4.69) is 39.8 Å². The lowest BCUT2D eigenvalue weighted by molar-refractivity contribution is 0.509. The highest BCUT2D eigenvalue weighted by Crippen LogP contribution is 2.22. The second-order valence-corrected chi connectivity index (χ2v) is 7.00. The Hall–Kier alpha value is -2.21. The fraction of sp³-hybridized carbons (Fsp3) is 0.350. The lowest BCUT2D eigenvalue weighted by Gasteiger charge is -2.29. The van der Waals surface area contributed by atoms with Crippen molar-refractivity contribution in [2.75, 3.05) is 23.3 Å². The van der Waals surface area contributed by atoms with Crippen LogP contribution in [0.25, 0.3) is 0 Å². The molecule has 138 valence electrons. The van der Waals surface area contributed by atoms with Gasteiger partial charge in [-0.1, -0.05) is 12.1 Å². The van der Waals surface area contributed by atoms with E-state index < -0.39 is 11.6 Å². The van der Waals surface area contributed by atoms with Crippen LogP contribution in [0.2, 0.25) is 0 Å². The second kappa shape index (κ2) is 8.45. The SMILES string of the molecule is C[C@@H](NC(=S)Nc1ccc(F)c(F)c1)c1ccc(N2CCCCC2)cc1. The van der Waals surface area contributed by atoms with Crippen LogP contribution in [0.15, 0.2) is 42.5 Å². The number of hydrogen-bond donors (Lipinski definition) is 2. The van der Waals surface area contributed by atoms with Crippen molar-refractivity contribution in [3.8, 4) is 0 Å². The van der Waals surface area contributed by atoms with E-state index in [0.717, 1.165) is 30.8 Å². The van der Waals surface area contributed by atoms with E-state index in [1.54, 1.807) is 0 Å². The van der Waals surface area contributed by atoms with Crippen molar-refractivity contribution in [2.24, 2.45) is 0 Å². The molecule has 3 rings (SSSR count). The van der Waals surface area contributed by atoms with Crippen molar-refractivity contribution in [3.05, 3.63) is 59.7 Å². The van der Waals surface area contributed by atoms with E-state index in [9.17, 15) is 8.78 Å². The van der Waals surface area contributed by atoms with Crippen LogP contribution < -0.4 is 15.5 Å². The molecule has 1 heterocycles. The number of hydrogen-bond acceptors (Lipinski definition) is 2. The summed E-state index contributed by atoms with van der Waals surface area (Å²) in [6, 6.07) is 12.1. The molecule has 0 aromatic heterocycles. The van der Waals surface area contributed by atoms with Crippen LogP contribution in [0, 0.1) is 11.6 Å². The molecule has 0 bridgehead atoms. The number of rotatable bonds is 4. The van der Waals surface area contributed by atoms with Gasteiger partial charge in [0.2, 0.25) is 0 Å². The molecular weight excluding hydrogens is 352 g/mol. The van der Waals surface area contributed by atoms with E-state index in [1.807, 2.05) is 6.92 Å². The molecule has 1 fully saturated rings. The molecule has 1 saturated heterocycles. The zero-order valence-electron chi connectivity index (χ0n) is 14.8. The Morgan fingerprint density at radius 1 is 1.00 bits per heavy atom. The Labute approximate surface area is 158 Å². The molecule has 3 nitrogen and oxygen atoms in total. The number of benzene rings is 2. The summed E-state index contributed by atoms with van der Waals surface area (Å²) in [5.41, 5.74) is 2.78. The monoisotopic (exact) mass is 375 g/mol. The lowest BCUT2D eigenvalue weighted by atomic mass is 10.1. The van der Waals surface area contributed by atoms with E-state index >= 15 is 0 Å².